The molecule has 0 bridgehead atoms. The molecule has 2 saturated heterocycles. The summed E-state index contributed by atoms with van der Waals surface area (Å²) >= 11 is 0. The van der Waals surface area contributed by atoms with Crippen molar-refractivity contribution in [3.63, 3.8) is 0 Å². The van der Waals surface area contributed by atoms with Gasteiger partial charge in [0.15, 0.2) is 0 Å². The fourth-order valence-electron chi connectivity index (χ4n) is 4.95. The number of anilines is 2. The fourth-order valence-corrected chi connectivity index (χ4v) is 4.95. The van der Waals surface area contributed by atoms with Gasteiger partial charge in [-0.25, -0.2) is 4.90 Å². The third kappa shape index (κ3) is 3.81. The van der Waals surface area contributed by atoms with E-state index in [1.165, 1.54) is 11.0 Å². The molecular formula is C27H26N2O5. The Bertz CT molecular complexity index is 1210. The quantitative estimate of drug-likeness (QED) is 0.302. The smallest absolute Gasteiger partial charge is 0.316 e. The van der Waals surface area contributed by atoms with E-state index in [0.717, 1.165) is 16.8 Å². The Balaban J connectivity index is 1.29. The second kappa shape index (κ2) is 8.56. The number of hydrogen-bond donors (Lipinski definition) is 0. The minimum Gasteiger partial charge on any atom is -0.426 e. The number of hydrogen-bond acceptors (Lipinski definition) is 5. The van der Waals surface area contributed by atoms with Gasteiger partial charge in [0.2, 0.25) is 17.7 Å². The van der Waals surface area contributed by atoms with Gasteiger partial charge in [0, 0.05) is 24.7 Å². The summed E-state index contributed by atoms with van der Waals surface area (Å²) in [7, 11) is 0. The molecule has 0 radical (unpaired) electrons. The van der Waals surface area contributed by atoms with Gasteiger partial charge in [0.1, 0.15) is 5.75 Å². The minimum atomic E-state index is -0.596. The van der Waals surface area contributed by atoms with Crippen molar-refractivity contribution in [2.45, 2.75) is 33.1 Å². The molecule has 34 heavy (non-hydrogen) atoms. The van der Waals surface area contributed by atoms with Gasteiger partial charge < -0.3 is 9.64 Å². The van der Waals surface area contributed by atoms with Crippen molar-refractivity contribution >= 4 is 35.1 Å². The first-order chi connectivity index (χ1) is 16.3. The molecule has 2 aromatic rings. The third-order valence-corrected chi connectivity index (χ3v) is 7.06. The van der Waals surface area contributed by atoms with Gasteiger partial charge in [-0.05, 0) is 62.1 Å². The van der Waals surface area contributed by atoms with Crippen LogP contribution in [0.25, 0.3) is 0 Å². The van der Waals surface area contributed by atoms with E-state index in [1.807, 2.05) is 44.2 Å². The first kappa shape index (κ1) is 22.1. The van der Waals surface area contributed by atoms with Crippen LogP contribution in [-0.4, -0.2) is 30.2 Å². The second-order valence-corrected chi connectivity index (χ2v) is 9.26. The van der Waals surface area contributed by atoms with Crippen molar-refractivity contribution in [2.75, 3.05) is 16.3 Å². The summed E-state index contributed by atoms with van der Waals surface area (Å²) in [5, 5.41) is 0. The van der Waals surface area contributed by atoms with E-state index in [2.05, 4.69) is 0 Å². The van der Waals surface area contributed by atoms with Crippen molar-refractivity contribution in [3.8, 4) is 5.75 Å². The molecule has 0 aromatic heterocycles. The molecule has 0 saturated carbocycles. The summed E-state index contributed by atoms with van der Waals surface area (Å²) in [6, 6.07) is 12.3. The number of ether oxygens (including phenoxy) is 1. The maximum atomic E-state index is 12.9. The highest BCUT2D eigenvalue weighted by molar-refractivity contribution is 6.22. The van der Waals surface area contributed by atoms with Gasteiger partial charge in [-0.3, -0.25) is 19.2 Å². The molecule has 2 aromatic carbocycles. The first-order valence-electron chi connectivity index (χ1n) is 11.6. The van der Waals surface area contributed by atoms with Crippen molar-refractivity contribution in [1.82, 2.24) is 0 Å². The number of carbonyl (C=O) groups is 4. The van der Waals surface area contributed by atoms with Gasteiger partial charge in [0.25, 0.3) is 0 Å². The number of benzene rings is 2. The molecule has 3 aliphatic rings. The van der Waals surface area contributed by atoms with Crippen LogP contribution in [0.5, 0.6) is 5.75 Å². The summed E-state index contributed by atoms with van der Waals surface area (Å²) in [4.78, 5) is 54.0. The van der Waals surface area contributed by atoms with Crippen molar-refractivity contribution in [1.29, 1.82) is 0 Å². The molecule has 0 unspecified atom stereocenters. The van der Waals surface area contributed by atoms with Crippen LogP contribution in [0, 0.1) is 31.6 Å². The highest BCUT2D eigenvalue weighted by atomic mass is 16.5. The van der Waals surface area contributed by atoms with Crippen LogP contribution < -0.4 is 14.5 Å². The molecule has 174 valence electrons. The number of esters is 1. The molecule has 2 aliphatic heterocycles. The molecule has 0 spiro atoms. The zero-order valence-corrected chi connectivity index (χ0v) is 19.2. The number of nitrogens with zero attached hydrogens (tertiary/aromatic N) is 2. The predicted molar refractivity (Wildman–Crippen MR) is 126 cm³/mol. The Hall–Kier alpha value is -3.74. The number of imide groups is 1. The van der Waals surface area contributed by atoms with Crippen LogP contribution >= 0.6 is 0 Å². The lowest BCUT2D eigenvalue weighted by Crippen LogP contribution is -2.31. The number of fused-ring (bicyclic) bond motifs is 1. The van der Waals surface area contributed by atoms with Gasteiger partial charge in [-0.15, -0.1) is 0 Å². The number of aryl methyl sites for hydroxylation is 2. The molecule has 2 heterocycles. The molecule has 7 heteroatoms. The molecule has 1 aliphatic carbocycles. The van der Waals surface area contributed by atoms with E-state index in [0.29, 0.717) is 18.5 Å². The van der Waals surface area contributed by atoms with E-state index in [4.69, 9.17) is 4.74 Å². The standard InChI is InChI=1S/C27H26N2O5/c1-16-10-11-19(12-17(16)2)28-15-18(13-24(28)30)27(33)34-21-7-5-6-20(14-21)29-25(31)22-8-3-4-9-23(22)26(29)32/h3-7,10-12,14,18,22-23H,8-9,13,15H2,1-2H3/t18-,22-,23-/m1/s1. The molecule has 7 nitrogen and oxygen atoms in total. The Labute approximate surface area is 198 Å². The summed E-state index contributed by atoms with van der Waals surface area (Å²) in [6.45, 7) is 4.24. The summed E-state index contributed by atoms with van der Waals surface area (Å²) < 4.78 is 5.58. The SMILES string of the molecule is Cc1ccc(N2C[C@H](C(=O)Oc3cccc(N4C(=O)[C@@H]5CC=CC[C@H]5C4=O)c3)CC2=O)cc1C. The van der Waals surface area contributed by atoms with Crippen LogP contribution in [0.15, 0.2) is 54.6 Å². The van der Waals surface area contributed by atoms with Gasteiger partial charge in [-0.1, -0.05) is 24.3 Å². The predicted octanol–water partition coefficient (Wildman–Crippen LogP) is 3.72. The highest BCUT2D eigenvalue weighted by Gasteiger charge is 2.48. The molecule has 5 rings (SSSR count). The summed E-state index contributed by atoms with van der Waals surface area (Å²) in [5.74, 6) is -2.07. The van der Waals surface area contributed by atoms with Gasteiger partial charge in [-0.2, -0.15) is 0 Å². The van der Waals surface area contributed by atoms with E-state index < -0.39 is 11.9 Å². The maximum Gasteiger partial charge on any atom is 0.316 e. The fraction of sp³-hybridized carbons (Fsp3) is 0.333. The van der Waals surface area contributed by atoms with E-state index >= 15 is 0 Å². The van der Waals surface area contributed by atoms with Crippen LogP contribution in [0.1, 0.15) is 30.4 Å². The highest BCUT2D eigenvalue weighted by Crippen LogP contribution is 2.38. The minimum absolute atomic E-state index is 0.0743. The number of carbonyl (C=O) groups excluding carboxylic acids is 4. The molecule has 3 amide bonds. The summed E-state index contributed by atoms with van der Waals surface area (Å²) in [6.07, 6.45) is 5.08. The zero-order chi connectivity index (χ0) is 24.0. The molecule has 0 N–H and O–H groups in total. The zero-order valence-electron chi connectivity index (χ0n) is 19.2. The number of amides is 3. The normalized spacial score (nSPS) is 24.1. The Morgan fingerprint density at radius 1 is 0.882 bits per heavy atom. The average Bonchev–Trinajstić information content (AvgIpc) is 3.34. The van der Waals surface area contributed by atoms with Crippen molar-refractivity contribution in [2.24, 2.45) is 17.8 Å². The third-order valence-electron chi connectivity index (χ3n) is 7.06. The van der Waals surface area contributed by atoms with Gasteiger partial charge in [0.05, 0.1) is 23.4 Å². The van der Waals surface area contributed by atoms with Crippen LogP contribution in [0.3, 0.4) is 0 Å². The van der Waals surface area contributed by atoms with E-state index in [9.17, 15) is 19.2 Å². The van der Waals surface area contributed by atoms with E-state index in [1.54, 1.807) is 23.1 Å². The van der Waals surface area contributed by atoms with Crippen LogP contribution in [0.4, 0.5) is 11.4 Å². The Morgan fingerprint density at radius 2 is 1.59 bits per heavy atom. The lowest BCUT2D eigenvalue weighted by atomic mass is 9.85. The second-order valence-electron chi connectivity index (χ2n) is 9.26. The lowest BCUT2D eigenvalue weighted by molar-refractivity contribution is -0.139. The first-order valence-corrected chi connectivity index (χ1v) is 11.6. The van der Waals surface area contributed by atoms with Crippen LogP contribution in [0.2, 0.25) is 0 Å². The molecule has 3 atom stereocenters. The Kier molecular flexibility index (Phi) is 5.55. The molecular weight excluding hydrogens is 432 g/mol. The van der Waals surface area contributed by atoms with Crippen molar-refractivity contribution < 1.29 is 23.9 Å². The van der Waals surface area contributed by atoms with Gasteiger partial charge >= 0.3 is 5.97 Å². The average molecular weight is 459 g/mol. The largest absolute Gasteiger partial charge is 0.426 e. The van der Waals surface area contributed by atoms with E-state index in [-0.39, 0.29) is 48.3 Å². The summed E-state index contributed by atoms with van der Waals surface area (Å²) in [5.41, 5.74) is 3.38. The van der Waals surface area contributed by atoms with Crippen LogP contribution in [-0.2, 0) is 19.2 Å². The Morgan fingerprint density at radius 3 is 2.26 bits per heavy atom. The topological polar surface area (TPSA) is 84.0 Å². The number of rotatable bonds is 4. The number of allylic oxidation sites excluding steroid dienone is 2. The maximum absolute atomic E-state index is 12.9. The molecule has 2 fully saturated rings. The lowest BCUT2D eigenvalue weighted by Gasteiger charge is -2.18. The van der Waals surface area contributed by atoms with Crippen molar-refractivity contribution in [3.05, 3.63) is 65.7 Å². The monoisotopic (exact) mass is 458 g/mol.